The van der Waals surface area contributed by atoms with Gasteiger partial charge in [-0.1, -0.05) is 0 Å². The second kappa shape index (κ2) is 6.68. The van der Waals surface area contributed by atoms with Crippen molar-refractivity contribution in [1.82, 2.24) is 4.90 Å². The lowest BCUT2D eigenvalue weighted by Gasteiger charge is -2.37. The fourth-order valence-electron chi connectivity index (χ4n) is 3.09. The summed E-state index contributed by atoms with van der Waals surface area (Å²) < 4.78 is 11.1. The van der Waals surface area contributed by atoms with Gasteiger partial charge in [0.05, 0.1) is 12.7 Å². The first kappa shape index (κ1) is 14.8. The maximum Gasteiger partial charge on any atom is 0.313 e. The SMILES string of the molecule is CN(CC1CCCCO1)CC1(C(=O)O)CCCOC1. The third kappa shape index (κ3) is 3.91. The molecule has 5 nitrogen and oxygen atoms in total. The molecule has 2 fully saturated rings. The number of carbonyl (C=O) groups is 1. The van der Waals surface area contributed by atoms with E-state index in [1.54, 1.807) is 0 Å². The van der Waals surface area contributed by atoms with E-state index in [0.29, 0.717) is 26.2 Å². The average molecular weight is 271 g/mol. The monoisotopic (exact) mass is 271 g/mol. The van der Waals surface area contributed by atoms with Gasteiger partial charge in [0.15, 0.2) is 0 Å². The van der Waals surface area contributed by atoms with Gasteiger partial charge in [0.25, 0.3) is 0 Å². The number of carboxylic acid groups (broad SMARTS) is 1. The van der Waals surface area contributed by atoms with Gasteiger partial charge in [-0.2, -0.15) is 0 Å². The van der Waals surface area contributed by atoms with Crippen LogP contribution in [-0.2, 0) is 14.3 Å². The summed E-state index contributed by atoms with van der Waals surface area (Å²) in [5.41, 5.74) is -0.734. The Morgan fingerprint density at radius 3 is 2.79 bits per heavy atom. The van der Waals surface area contributed by atoms with Crippen molar-refractivity contribution < 1.29 is 19.4 Å². The molecular weight excluding hydrogens is 246 g/mol. The number of rotatable bonds is 5. The van der Waals surface area contributed by atoms with Gasteiger partial charge in [-0.3, -0.25) is 4.79 Å². The first-order chi connectivity index (χ1) is 9.12. The van der Waals surface area contributed by atoms with Crippen LogP contribution >= 0.6 is 0 Å². The highest BCUT2D eigenvalue weighted by Crippen LogP contribution is 2.30. The molecule has 2 heterocycles. The molecule has 0 bridgehead atoms. The molecule has 2 saturated heterocycles. The zero-order valence-electron chi connectivity index (χ0n) is 11.8. The van der Waals surface area contributed by atoms with Crippen molar-refractivity contribution in [2.45, 2.75) is 38.2 Å². The van der Waals surface area contributed by atoms with Gasteiger partial charge in [0.2, 0.25) is 0 Å². The van der Waals surface area contributed by atoms with E-state index in [-0.39, 0.29) is 6.10 Å². The van der Waals surface area contributed by atoms with Crippen LogP contribution in [-0.4, -0.2) is 62.0 Å². The summed E-state index contributed by atoms with van der Waals surface area (Å²) in [5.74, 6) is -0.733. The molecule has 5 heteroatoms. The third-order valence-electron chi connectivity index (χ3n) is 4.14. The molecule has 2 aliphatic rings. The minimum atomic E-state index is -0.734. The van der Waals surface area contributed by atoms with E-state index in [4.69, 9.17) is 9.47 Å². The van der Waals surface area contributed by atoms with Crippen LogP contribution < -0.4 is 0 Å². The third-order valence-corrected chi connectivity index (χ3v) is 4.14. The summed E-state index contributed by atoms with van der Waals surface area (Å²) in [7, 11) is 1.98. The molecule has 2 aliphatic heterocycles. The standard InChI is InChI=1S/C14H25NO4/c1-15(9-12-5-2-3-8-19-12)10-14(13(16)17)6-4-7-18-11-14/h12H,2-11H2,1H3,(H,16,17). The summed E-state index contributed by atoms with van der Waals surface area (Å²) >= 11 is 0. The van der Waals surface area contributed by atoms with Crippen molar-refractivity contribution in [3.63, 3.8) is 0 Å². The Morgan fingerprint density at radius 2 is 2.21 bits per heavy atom. The second-order valence-electron chi connectivity index (χ2n) is 5.93. The van der Waals surface area contributed by atoms with Crippen molar-refractivity contribution in [3.8, 4) is 0 Å². The zero-order chi connectivity index (χ0) is 13.7. The Balaban J connectivity index is 1.87. The van der Waals surface area contributed by atoms with Crippen LogP contribution in [0.1, 0.15) is 32.1 Å². The lowest BCUT2D eigenvalue weighted by atomic mass is 9.82. The smallest absolute Gasteiger partial charge is 0.313 e. The molecule has 2 atom stereocenters. The summed E-state index contributed by atoms with van der Waals surface area (Å²) in [4.78, 5) is 13.7. The molecule has 0 aromatic heterocycles. The van der Waals surface area contributed by atoms with Crippen LogP contribution in [0.3, 0.4) is 0 Å². The maximum absolute atomic E-state index is 11.6. The molecule has 0 amide bonds. The summed E-state index contributed by atoms with van der Waals surface area (Å²) in [6, 6.07) is 0. The van der Waals surface area contributed by atoms with Gasteiger partial charge in [0, 0.05) is 26.3 Å². The van der Waals surface area contributed by atoms with Crippen LogP contribution in [0, 0.1) is 5.41 Å². The van der Waals surface area contributed by atoms with E-state index in [9.17, 15) is 9.90 Å². The quantitative estimate of drug-likeness (QED) is 0.818. The van der Waals surface area contributed by atoms with E-state index < -0.39 is 11.4 Å². The molecular formula is C14H25NO4. The highest BCUT2D eigenvalue weighted by Gasteiger charge is 2.41. The van der Waals surface area contributed by atoms with Gasteiger partial charge >= 0.3 is 5.97 Å². The number of aliphatic carboxylic acids is 1. The molecule has 0 aromatic rings. The Bertz CT molecular complexity index is 296. The average Bonchev–Trinajstić information content (AvgIpc) is 2.40. The first-order valence-corrected chi connectivity index (χ1v) is 7.24. The van der Waals surface area contributed by atoms with E-state index >= 15 is 0 Å². The van der Waals surface area contributed by atoms with E-state index in [2.05, 4.69) is 4.90 Å². The Hall–Kier alpha value is -0.650. The van der Waals surface area contributed by atoms with Gasteiger partial charge in [-0.25, -0.2) is 0 Å². The van der Waals surface area contributed by atoms with E-state index in [0.717, 1.165) is 32.4 Å². The molecule has 0 aliphatic carbocycles. The molecule has 19 heavy (non-hydrogen) atoms. The maximum atomic E-state index is 11.6. The Morgan fingerprint density at radius 1 is 1.37 bits per heavy atom. The van der Waals surface area contributed by atoms with Crippen molar-refractivity contribution in [2.75, 3.05) is 40.0 Å². The summed E-state index contributed by atoms with van der Waals surface area (Å²) in [5, 5.41) is 9.51. The lowest BCUT2D eigenvalue weighted by molar-refractivity contribution is -0.159. The molecule has 0 aromatic carbocycles. The molecule has 0 radical (unpaired) electrons. The number of ether oxygens (including phenoxy) is 2. The molecule has 0 spiro atoms. The van der Waals surface area contributed by atoms with Crippen molar-refractivity contribution >= 4 is 5.97 Å². The predicted molar refractivity (Wildman–Crippen MR) is 71.2 cm³/mol. The molecule has 110 valence electrons. The fourth-order valence-corrected chi connectivity index (χ4v) is 3.09. The zero-order valence-corrected chi connectivity index (χ0v) is 11.8. The first-order valence-electron chi connectivity index (χ1n) is 7.24. The fraction of sp³-hybridized carbons (Fsp3) is 0.929. The number of likely N-dealkylation sites (N-methyl/N-ethyl adjacent to an activating group) is 1. The van der Waals surface area contributed by atoms with Crippen molar-refractivity contribution in [2.24, 2.45) is 5.41 Å². The minimum Gasteiger partial charge on any atom is -0.481 e. The number of hydrogen-bond donors (Lipinski definition) is 1. The topological polar surface area (TPSA) is 59.0 Å². The van der Waals surface area contributed by atoms with E-state index in [1.165, 1.54) is 6.42 Å². The highest BCUT2D eigenvalue weighted by atomic mass is 16.5. The molecule has 2 rings (SSSR count). The minimum absolute atomic E-state index is 0.258. The molecule has 1 N–H and O–H groups in total. The normalized spacial score (nSPS) is 32.4. The second-order valence-corrected chi connectivity index (χ2v) is 5.93. The summed E-state index contributed by atoms with van der Waals surface area (Å²) in [6.45, 7) is 3.21. The number of hydrogen-bond acceptors (Lipinski definition) is 4. The highest BCUT2D eigenvalue weighted by molar-refractivity contribution is 5.75. The number of carboxylic acids is 1. The largest absolute Gasteiger partial charge is 0.481 e. The van der Waals surface area contributed by atoms with Crippen molar-refractivity contribution in [3.05, 3.63) is 0 Å². The Labute approximate surface area is 114 Å². The lowest BCUT2D eigenvalue weighted by Crippen LogP contribution is -2.49. The van der Waals surface area contributed by atoms with Crippen LogP contribution in [0.15, 0.2) is 0 Å². The van der Waals surface area contributed by atoms with E-state index in [1.807, 2.05) is 7.05 Å². The van der Waals surface area contributed by atoms with Gasteiger partial charge in [-0.05, 0) is 39.2 Å². The Kier molecular flexibility index (Phi) is 5.19. The predicted octanol–water partition coefficient (Wildman–Crippen LogP) is 1.37. The summed E-state index contributed by atoms with van der Waals surface area (Å²) in [6.07, 6.45) is 5.24. The number of nitrogens with zero attached hydrogens (tertiary/aromatic N) is 1. The van der Waals surface area contributed by atoms with Crippen molar-refractivity contribution in [1.29, 1.82) is 0 Å². The van der Waals surface area contributed by atoms with Gasteiger partial charge < -0.3 is 19.5 Å². The van der Waals surface area contributed by atoms with Crippen LogP contribution in [0.4, 0.5) is 0 Å². The molecule has 2 unspecified atom stereocenters. The van der Waals surface area contributed by atoms with Gasteiger partial charge in [-0.15, -0.1) is 0 Å². The van der Waals surface area contributed by atoms with Crippen LogP contribution in [0.2, 0.25) is 0 Å². The van der Waals surface area contributed by atoms with Crippen LogP contribution in [0.25, 0.3) is 0 Å². The molecule has 0 saturated carbocycles. The van der Waals surface area contributed by atoms with Crippen LogP contribution in [0.5, 0.6) is 0 Å². The van der Waals surface area contributed by atoms with Gasteiger partial charge in [0.1, 0.15) is 5.41 Å².